The summed E-state index contributed by atoms with van der Waals surface area (Å²) >= 11 is 1.49. The highest BCUT2D eigenvalue weighted by Gasteiger charge is 2.38. The number of thioether (sulfide) groups is 1. The molecule has 0 saturated carbocycles. The van der Waals surface area contributed by atoms with Gasteiger partial charge in [0.05, 0.1) is 17.5 Å². The summed E-state index contributed by atoms with van der Waals surface area (Å²) in [5, 5.41) is 0.948. The first-order valence-corrected chi connectivity index (χ1v) is 8.74. The van der Waals surface area contributed by atoms with Crippen LogP contribution in [0.4, 0.5) is 4.39 Å². The largest absolute Gasteiger partial charge is 0.331 e. The minimum absolute atomic E-state index is 0.0429. The highest BCUT2D eigenvalue weighted by atomic mass is 32.2. The Labute approximate surface area is 139 Å². The zero-order chi connectivity index (χ0) is 16.0. The lowest BCUT2D eigenvalue weighted by molar-refractivity contribution is -0.127. The summed E-state index contributed by atoms with van der Waals surface area (Å²) in [5.74, 6) is -0.162. The molecule has 0 bridgehead atoms. The highest BCUT2D eigenvalue weighted by Crippen LogP contribution is 2.40. The molecule has 0 spiro atoms. The number of benzene rings is 1. The molecule has 0 aromatic heterocycles. The minimum Gasteiger partial charge on any atom is -0.331 e. The van der Waals surface area contributed by atoms with Crippen LogP contribution in [0, 0.1) is 5.82 Å². The second-order valence-corrected chi connectivity index (χ2v) is 7.02. The summed E-state index contributed by atoms with van der Waals surface area (Å²) in [6.45, 7) is 4.43. The van der Waals surface area contributed by atoms with Crippen LogP contribution < -0.4 is 0 Å². The molecule has 1 aromatic rings. The molecule has 1 fully saturated rings. The van der Waals surface area contributed by atoms with Gasteiger partial charge in [0.15, 0.2) is 5.17 Å². The summed E-state index contributed by atoms with van der Waals surface area (Å²) < 4.78 is 13.1. The van der Waals surface area contributed by atoms with Gasteiger partial charge in [-0.05, 0) is 49.2 Å². The average Bonchev–Trinajstić information content (AvgIpc) is 3.25. The molecule has 0 N–H and O–H groups in total. The second kappa shape index (κ2) is 5.67. The number of fused-ring (bicyclic) bond motifs is 1. The van der Waals surface area contributed by atoms with Crippen molar-refractivity contribution in [3.63, 3.8) is 0 Å². The van der Waals surface area contributed by atoms with Crippen LogP contribution >= 0.6 is 11.8 Å². The lowest BCUT2D eigenvalue weighted by Crippen LogP contribution is -2.31. The molecule has 0 radical (unpaired) electrons. The second-order valence-electron chi connectivity index (χ2n) is 6.04. The van der Waals surface area contributed by atoms with Crippen LogP contribution in [0.25, 0.3) is 0 Å². The van der Waals surface area contributed by atoms with Crippen molar-refractivity contribution < 1.29 is 9.18 Å². The minimum atomic E-state index is -0.242. The molecule has 3 aliphatic heterocycles. The number of hydrogen-bond donors (Lipinski definition) is 0. The molecule has 1 atom stereocenters. The number of allylic oxidation sites excluding steroid dienone is 1. The van der Waals surface area contributed by atoms with Crippen molar-refractivity contribution in [3.8, 4) is 0 Å². The first kappa shape index (κ1) is 14.8. The molecule has 6 heteroatoms. The fourth-order valence-corrected chi connectivity index (χ4v) is 4.62. The van der Waals surface area contributed by atoms with E-state index in [0.717, 1.165) is 53.8 Å². The van der Waals surface area contributed by atoms with Gasteiger partial charge < -0.3 is 9.80 Å². The topological polar surface area (TPSA) is 35.9 Å². The van der Waals surface area contributed by atoms with Gasteiger partial charge in [0.1, 0.15) is 5.82 Å². The van der Waals surface area contributed by atoms with Gasteiger partial charge in [0.2, 0.25) is 0 Å². The van der Waals surface area contributed by atoms with Crippen molar-refractivity contribution >= 4 is 22.8 Å². The van der Waals surface area contributed by atoms with Crippen LogP contribution in [0.1, 0.15) is 31.4 Å². The monoisotopic (exact) mass is 331 g/mol. The Morgan fingerprint density at radius 2 is 2.09 bits per heavy atom. The van der Waals surface area contributed by atoms with Crippen molar-refractivity contribution in [2.45, 2.75) is 25.8 Å². The lowest BCUT2D eigenvalue weighted by atomic mass is 10.0. The van der Waals surface area contributed by atoms with E-state index in [-0.39, 0.29) is 17.8 Å². The summed E-state index contributed by atoms with van der Waals surface area (Å²) in [6.07, 6.45) is 1.91. The maximum Gasteiger partial charge on any atom is 0.263 e. The number of amidine groups is 1. The third-order valence-corrected chi connectivity index (χ3v) is 5.90. The van der Waals surface area contributed by atoms with Gasteiger partial charge in [-0.3, -0.25) is 9.79 Å². The number of hydrogen-bond acceptors (Lipinski definition) is 4. The van der Waals surface area contributed by atoms with E-state index in [0.29, 0.717) is 0 Å². The van der Waals surface area contributed by atoms with Crippen LogP contribution in [-0.4, -0.2) is 40.5 Å². The van der Waals surface area contributed by atoms with E-state index in [2.05, 4.69) is 9.89 Å². The average molecular weight is 331 g/mol. The van der Waals surface area contributed by atoms with E-state index in [1.165, 1.54) is 23.9 Å². The molecule has 4 nitrogen and oxygen atoms in total. The van der Waals surface area contributed by atoms with Crippen molar-refractivity contribution in [1.82, 2.24) is 9.80 Å². The van der Waals surface area contributed by atoms with Crippen LogP contribution in [0.5, 0.6) is 0 Å². The number of carbonyl (C=O) groups is 1. The quantitative estimate of drug-likeness (QED) is 0.835. The molecule has 120 valence electrons. The Kier molecular flexibility index (Phi) is 3.64. The summed E-state index contributed by atoms with van der Waals surface area (Å²) in [5.41, 5.74) is 2.03. The zero-order valence-corrected chi connectivity index (χ0v) is 13.8. The Morgan fingerprint density at radius 3 is 2.83 bits per heavy atom. The Balaban J connectivity index is 1.59. The highest BCUT2D eigenvalue weighted by molar-refractivity contribution is 8.18. The molecule has 4 rings (SSSR count). The molecule has 0 unspecified atom stereocenters. The summed E-state index contributed by atoms with van der Waals surface area (Å²) in [7, 11) is 0. The van der Waals surface area contributed by atoms with Crippen molar-refractivity contribution in [2.75, 3.05) is 19.6 Å². The van der Waals surface area contributed by atoms with E-state index in [1.807, 2.05) is 11.8 Å². The Bertz CT molecular complexity index is 713. The van der Waals surface area contributed by atoms with Crippen LogP contribution in [0.3, 0.4) is 0 Å². The third kappa shape index (κ3) is 2.45. The van der Waals surface area contributed by atoms with Gasteiger partial charge in [0.25, 0.3) is 5.91 Å². The predicted octanol–water partition coefficient (Wildman–Crippen LogP) is 3.14. The van der Waals surface area contributed by atoms with E-state index < -0.39 is 0 Å². The number of rotatable bonds is 2. The van der Waals surface area contributed by atoms with Crippen LogP contribution in [0.2, 0.25) is 0 Å². The third-order valence-electron chi connectivity index (χ3n) is 4.69. The van der Waals surface area contributed by atoms with Gasteiger partial charge in [0, 0.05) is 18.8 Å². The fourth-order valence-electron chi connectivity index (χ4n) is 3.48. The molecule has 23 heavy (non-hydrogen) atoms. The maximum atomic E-state index is 13.1. The molecule has 0 aliphatic carbocycles. The number of aliphatic imine (C=N–C) groups is 1. The molecular weight excluding hydrogens is 313 g/mol. The lowest BCUT2D eigenvalue weighted by Gasteiger charge is -2.25. The molecule has 1 amide bonds. The normalized spacial score (nSPS) is 23.6. The van der Waals surface area contributed by atoms with Gasteiger partial charge in [-0.1, -0.05) is 12.1 Å². The maximum absolute atomic E-state index is 13.1. The number of halogens is 1. The summed E-state index contributed by atoms with van der Waals surface area (Å²) in [6, 6.07) is 6.56. The smallest absolute Gasteiger partial charge is 0.263 e. The molecule has 3 heterocycles. The van der Waals surface area contributed by atoms with Gasteiger partial charge >= 0.3 is 0 Å². The number of likely N-dealkylation sites (tertiary alicyclic amines) is 1. The van der Waals surface area contributed by atoms with E-state index >= 15 is 0 Å². The number of carbonyl (C=O) groups excluding carboxylic acids is 1. The zero-order valence-electron chi connectivity index (χ0n) is 13.0. The van der Waals surface area contributed by atoms with Gasteiger partial charge in [-0.15, -0.1) is 0 Å². The van der Waals surface area contributed by atoms with Crippen molar-refractivity contribution in [2.24, 2.45) is 4.99 Å². The van der Waals surface area contributed by atoms with E-state index in [9.17, 15) is 9.18 Å². The first-order chi connectivity index (χ1) is 11.1. The molecule has 3 aliphatic rings. The van der Waals surface area contributed by atoms with E-state index in [1.54, 1.807) is 12.1 Å². The number of nitrogens with zero attached hydrogens (tertiary/aromatic N) is 3. The van der Waals surface area contributed by atoms with Gasteiger partial charge in [-0.25, -0.2) is 4.39 Å². The Morgan fingerprint density at radius 1 is 1.30 bits per heavy atom. The first-order valence-electron chi connectivity index (χ1n) is 7.92. The fraction of sp³-hybridized carbons (Fsp3) is 0.412. The number of amides is 1. The Hall–Kier alpha value is -1.82. The standard InChI is InChI=1S/C17H18FN3OS/c1-11-15(23-17-19-8-10-20(11)17)16(22)21-9-2-3-14(21)12-4-6-13(18)7-5-12/h4-7,14H,2-3,8-10H2,1H3/t14-/m0/s1. The van der Waals surface area contributed by atoms with Crippen molar-refractivity contribution in [3.05, 3.63) is 46.2 Å². The van der Waals surface area contributed by atoms with Crippen LogP contribution in [0.15, 0.2) is 39.9 Å². The predicted molar refractivity (Wildman–Crippen MR) is 89.4 cm³/mol. The van der Waals surface area contributed by atoms with Crippen LogP contribution in [-0.2, 0) is 4.79 Å². The SMILES string of the molecule is CC1=C(C(=O)N2CCC[C@H]2c2ccc(F)cc2)SC2=NCCN21. The molecule has 1 aromatic carbocycles. The van der Waals surface area contributed by atoms with Gasteiger partial charge in [-0.2, -0.15) is 0 Å². The molecular formula is C17H18FN3OS. The summed E-state index contributed by atoms with van der Waals surface area (Å²) in [4.78, 5) is 22.3. The van der Waals surface area contributed by atoms with Crippen molar-refractivity contribution in [1.29, 1.82) is 0 Å². The molecule has 1 saturated heterocycles. The van der Waals surface area contributed by atoms with E-state index in [4.69, 9.17) is 0 Å².